The molecule has 1 fully saturated rings. The van der Waals surface area contributed by atoms with Gasteiger partial charge in [0, 0.05) is 25.0 Å². The summed E-state index contributed by atoms with van der Waals surface area (Å²) in [4.78, 5) is 4.18. The quantitative estimate of drug-likeness (QED) is 0.875. The third kappa shape index (κ3) is 3.70. The van der Waals surface area contributed by atoms with Crippen LogP contribution in [0.3, 0.4) is 0 Å². The fourth-order valence-electron chi connectivity index (χ4n) is 2.59. The molecule has 5 nitrogen and oxygen atoms in total. The van der Waals surface area contributed by atoms with Crippen LogP contribution in [-0.4, -0.2) is 26.0 Å². The molecule has 1 heterocycles. The van der Waals surface area contributed by atoms with E-state index in [-0.39, 0.29) is 10.9 Å². The molecule has 0 spiro atoms. The van der Waals surface area contributed by atoms with Crippen molar-refractivity contribution in [2.24, 2.45) is 5.92 Å². The van der Waals surface area contributed by atoms with Gasteiger partial charge in [0.15, 0.2) is 0 Å². The molecule has 6 heteroatoms. The number of hydrogen-bond donors (Lipinski definition) is 2. The van der Waals surface area contributed by atoms with Gasteiger partial charge in [0.05, 0.1) is 5.69 Å². The second kappa shape index (κ2) is 6.54. The minimum absolute atomic E-state index is 0.0471. The minimum atomic E-state index is -3.51. The minimum Gasteiger partial charge on any atom is -0.384 e. The maximum atomic E-state index is 12.5. The van der Waals surface area contributed by atoms with Crippen LogP contribution in [0.5, 0.6) is 0 Å². The summed E-state index contributed by atoms with van der Waals surface area (Å²) in [6.45, 7) is 4.83. The van der Waals surface area contributed by atoms with E-state index < -0.39 is 10.0 Å². The summed E-state index contributed by atoms with van der Waals surface area (Å²) in [5.74, 6) is 0.700. The molecule has 0 amide bonds. The molecule has 0 atom stereocenters. The van der Waals surface area contributed by atoms with Gasteiger partial charge in [-0.15, -0.1) is 0 Å². The predicted octanol–water partition coefficient (Wildman–Crippen LogP) is 2.37. The second-order valence-electron chi connectivity index (χ2n) is 5.48. The maximum Gasteiger partial charge on any atom is 0.244 e. The van der Waals surface area contributed by atoms with Crippen LogP contribution in [-0.2, 0) is 10.0 Å². The summed E-state index contributed by atoms with van der Waals surface area (Å²) in [6.07, 6.45) is 7.00. The van der Waals surface area contributed by atoms with Gasteiger partial charge in [-0.2, -0.15) is 0 Å². The molecule has 1 aromatic rings. The van der Waals surface area contributed by atoms with E-state index in [1.165, 1.54) is 6.20 Å². The van der Waals surface area contributed by atoms with Crippen molar-refractivity contribution in [3.63, 3.8) is 0 Å². The number of nitrogens with one attached hydrogen (secondary N) is 2. The fraction of sp³-hybridized carbons (Fsp3) is 0.643. The molecule has 0 aliphatic heterocycles. The van der Waals surface area contributed by atoms with Crippen molar-refractivity contribution in [1.29, 1.82) is 0 Å². The topological polar surface area (TPSA) is 71.1 Å². The highest BCUT2D eigenvalue weighted by Gasteiger charge is 2.25. The van der Waals surface area contributed by atoms with E-state index >= 15 is 0 Å². The SMILES string of the molecule is CCNc1ccncc1S(=O)(=O)NC1CCC(C)CC1. The van der Waals surface area contributed by atoms with Gasteiger partial charge < -0.3 is 5.32 Å². The summed E-state index contributed by atoms with van der Waals surface area (Å²) in [7, 11) is -3.51. The zero-order valence-corrected chi connectivity index (χ0v) is 12.9. The van der Waals surface area contributed by atoms with E-state index in [0.717, 1.165) is 25.7 Å². The third-order valence-electron chi connectivity index (χ3n) is 3.78. The van der Waals surface area contributed by atoms with Gasteiger partial charge in [-0.25, -0.2) is 13.1 Å². The van der Waals surface area contributed by atoms with Crippen LogP contribution in [0.4, 0.5) is 5.69 Å². The van der Waals surface area contributed by atoms with Crippen molar-refractivity contribution in [3.8, 4) is 0 Å². The molecule has 2 rings (SSSR count). The van der Waals surface area contributed by atoms with Crippen molar-refractivity contribution in [1.82, 2.24) is 9.71 Å². The van der Waals surface area contributed by atoms with Crippen LogP contribution in [0.15, 0.2) is 23.4 Å². The molecular weight excluding hydrogens is 274 g/mol. The largest absolute Gasteiger partial charge is 0.384 e. The number of rotatable bonds is 5. The van der Waals surface area contributed by atoms with Gasteiger partial charge in [0.25, 0.3) is 0 Å². The normalized spacial score (nSPS) is 23.5. The molecule has 0 radical (unpaired) electrons. The van der Waals surface area contributed by atoms with Crippen molar-refractivity contribution < 1.29 is 8.42 Å². The Kier molecular flexibility index (Phi) is 4.99. The monoisotopic (exact) mass is 297 g/mol. The highest BCUT2D eigenvalue weighted by Crippen LogP contribution is 2.26. The molecule has 0 unspecified atom stereocenters. The lowest BCUT2D eigenvalue weighted by atomic mass is 9.88. The predicted molar refractivity (Wildman–Crippen MR) is 80.1 cm³/mol. The second-order valence-corrected chi connectivity index (χ2v) is 7.16. The Morgan fingerprint density at radius 1 is 1.30 bits per heavy atom. The first-order valence-corrected chi connectivity index (χ1v) is 8.71. The molecule has 2 N–H and O–H groups in total. The van der Waals surface area contributed by atoms with Crippen LogP contribution >= 0.6 is 0 Å². The third-order valence-corrected chi connectivity index (χ3v) is 5.33. The van der Waals surface area contributed by atoms with E-state index in [0.29, 0.717) is 18.2 Å². The van der Waals surface area contributed by atoms with Crippen LogP contribution in [0.25, 0.3) is 0 Å². The molecule has 1 saturated carbocycles. The van der Waals surface area contributed by atoms with Crippen molar-refractivity contribution in [2.75, 3.05) is 11.9 Å². The lowest BCUT2D eigenvalue weighted by Crippen LogP contribution is -2.37. The molecule has 1 aliphatic rings. The molecule has 112 valence electrons. The van der Waals surface area contributed by atoms with E-state index in [4.69, 9.17) is 0 Å². The van der Waals surface area contributed by atoms with Gasteiger partial charge in [0.2, 0.25) is 10.0 Å². The Bertz CT molecular complexity index is 537. The van der Waals surface area contributed by atoms with Crippen LogP contribution in [0.2, 0.25) is 0 Å². The number of pyridine rings is 1. The van der Waals surface area contributed by atoms with Crippen molar-refractivity contribution in [2.45, 2.75) is 50.5 Å². The lowest BCUT2D eigenvalue weighted by Gasteiger charge is -2.27. The number of hydrogen-bond acceptors (Lipinski definition) is 4. The van der Waals surface area contributed by atoms with Crippen LogP contribution in [0, 0.1) is 5.92 Å². The number of nitrogens with zero attached hydrogens (tertiary/aromatic N) is 1. The summed E-state index contributed by atoms with van der Waals surface area (Å²) in [6, 6.07) is 1.74. The first-order valence-electron chi connectivity index (χ1n) is 7.23. The summed E-state index contributed by atoms with van der Waals surface area (Å²) >= 11 is 0. The zero-order valence-electron chi connectivity index (χ0n) is 12.1. The standard InChI is InChI=1S/C14H23N3O2S/c1-3-16-13-8-9-15-10-14(13)20(18,19)17-12-6-4-11(2)5-7-12/h8-12,17H,3-7H2,1-2H3,(H,15,16). The van der Waals surface area contributed by atoms with Crippen LogP contribution in [0.1, 0.15) is 39.5 Å². The van der Waals surface area contributed by atoms with Gasteiger partial charge >= 0.3 is 0 Å². The van der Waals surface area contributed by atoms with E-state index in [9.17, 15) is 8.42 Å². The highest BCUT2D eigenvalue weighted by molar-refractivity contribution is 7.89. The van der Waals surface area contributed by atoms with E-state index in [1.807, 2.05) is 6.92 Å². The summed E-state index contributed by atoms with van der Waals surface area (Å²) in [5, 5.41) is 3.07. The number of aromatic nitrogens is 1. The molecule has 0 bridgehead atoms. The summed E-state index contributed by atoms with van der Waals surface area (Å²) in [5.41, 5.74) is 0.610. The number of sulfonamides is 1. The highest BCUT2D eigenvalue weighted by atomic mass is 32.2. The zero-order chi connectivity index (χ0) is 14.6. The Labute approximate surface area is 121 Å². The van der Waals surface area contributed by atoms with Gasteiger partial charge in [-0.1, -0.05) is 6.92 Å². The maximum absolute atomic E-state index is 12.5. The van der Waals surface area contributed by atoms with Gasteiger partial charge in [0.1, 0.15) is 4.90 Å². The van der Waals surface area contributed by atoms with E-state index in [1.54, 1.807) is 12.3 Å². The first kappa shape index (κ1) is 15.3. The number of anilines is 1. The molecule has 0 aromatic carbocycles. The molecular formula is C14H23N3O2S. The Morgan fingerprint density at radius 2 is 2.00 bits per heavy atom. The molecule has 20 heavy (non-hydrogen) atoms. The lowest BCUT2D eigenvalue weighted by molar-refractivity contribution is 0.332. The van der Waals surface area contributed by atoms with Crippen molar-refractivity contribution in [3.05, 3.63) is 18.5 Å². The van der Waals surface area contributed by atoms with Crippen LogP contribution < -0.4 is 10.0 Å². The smallest absolute Gasteiger partial charge is 0.244 e. The fourth-order valence-corrected chi connectivity index (χ4v) is 4.02. The Morgan fingerprint density at radius 3 is 2.65 bits per heavy atom. The average molecular weight is 297 g/mol. The van der Waals surface area contributed by atoms with Crippen molar-refractivity contribution >= 4 is 15.7 Å². The molecule has 1 aliphatic carbocycles. The van der Waals surface area contributed by atoms with E-state index in [2.05, 4.69) is 21.9 Å². The Balaban J connectivity index is 2.14. The average Bonchev–Trinajstić information content (AvgIpc) is 2.42. The molecule has 0 saturated heterocycles. The van der Waals surface area contributed by atoms with Gasteiger partial charge in [-0.05, 0) is 44.6 Å². The first-order chi connectivity index (χ1) is 9.53. The molecule has 1 aromatic heterocycles. The van der Waals surface area contributed by atoms with Gasteiger partial charge in [-0.3, -0.25) is 4.98 Å². The Hall–Kier alpha value is -1.14. The summed E-state index contributed by atoms with van der Waals surface area (Å²) < 4.78 is 27.8.